The molecule has 0 aromatic heterocycles. The molecule has 0 saturated heterocycles. The minimum Gasteiger partial charge on any atom is -0.504 e. The molecule has 0 saturated carbocycles. The van der Waals surface area contributed by atoms with Crippen LogP contribution >= 0.6 is 0 Å². The quantitative estimate of drug-likeness (QED) is 0.688. The summed E-state index contributed by atoms with van der Waals surface area (Å²) in [5.41, 5.74) is 1.62. The fourth-order valence-electron chi connectivity index (χ4n) is 3.26. The topological polar surface area (TPSA) is 66.8 Å². The van der Waals surface area contributed by atoms with E-state index in [2.05, 4.69) is 0 Å². The molecule has 0 unspecified atom stereocenters. The molecule has 4 nitrogen and oxygen atoms in total. The predicted molar refractivity (Wildman–Crippen MR) is 97.5 cm³/mol. The summed E-state index contributed by atoms with van der Waals surface area (Å²) in [5.74, 6) is -2.21. The van der Waals surface area contributed by atoms with Crippen LogP contribution < -0.4 is 0 Å². The number of aliphatic hydroxyl groups excluding tert-OH is 2. The molecule has 1 aliphatic rings. The number of benzene rings is 3. The van der Waals surface area contributed by atoms with Crippen LogP contribution in [0.15, 0.2) is 96.4 Å². The number of aliphatic hydroxyl groups is 2. The van der Waals surface area contributed by atoms with E-state index in [0.29, 0.717) is 11.1 Å². The zero-order valence-electron chi connectivity index (χ0n) is 13.8. The van der Waals surface area contributed by atoms with E-state index in [4.69, 9.17) is 4.74 Å². The molecule has 0 fully saturated rings. The highest BCUT2D eigenvalue weighted by molar-refractivity contribution is 5.91. The normalized spacial score (nSPS) is 19.5. The van der Waals surface area contributed by atoms with E-state index in [-0.39, 0.29) is 0 Å². The SMILES string of the molecule is O=C1O[C@@](c2ccccc2)(c2ccc(-c3ccccc3)cc2)C(O)=C1O. The first-order valence-electron chi connectivity index (χ1n) is 8.20. The van der Waals surface area contributed by atoms with Crippen molar-refractivity contribution in [3.63, 3.8) is 0 Å². The Bertz CT molecular complexity index is 976. The number of hydrogen-bond donors (Lipinski definition) is 2. The highest BCUT2D eigenvalue weighted by Crippen LogP contribution is 2.45. The Hall–Kier alpha value is -3.53. The summed E-state index contributed by atoms with van der Waals surface area (Å²) in [5, 5.41) is 20.5. The minimum absolute atomic E-state index is 0.499. The average molecular weight is 344 g/mol. The lowest BCUT2D eigenvalue weighted by molar-refractivity contribution is -0.147. The van der Waals surface area contributed by atoms with E-state index >= 15 is 0 Å². The van der Waals surface area contributed by atoms with Gasteiger partial charge in [-0.15, -0.1) is 0 Å². The van der Waals surface area contributed by atoms with Gasteiger partial charge < -0.3 is 14.9 Å². The minimum atomic E-state index is -1.54. The summed E-state index contributed by atoms with van der Waals surface area (Å²) < 4.78 is 5.48. The van der Waals surface area contributed by atoms with Crippen molar-refractivity contribution in [1.29, 1.82) is 0 Å². The molecule has 0 amide bonds. The van der Waals surface area contributed by atoms with E-state index in [0.717, 1.165) is 11.1 Å². The molecule has 1 heterocycles. The molecular formula is C22H16O4. The van der Waals surface area contributed by atoms with Crippen LogP contribution in [0.4, 0.5) is 0 Å². The van der Waals surface area contributed by atoms with Crippen molar-refractivity contribution in [3.8, 4) is 11.1 Å². The second-order valence-corrected chi connectivity index (χ2v) is 6.08. The van der Waals surface area contributed by atoms with Crippen molar-refractivity contribution in [1.82, 2.24) is 0 Å². The Balaban J connectivity index is 1.85. The fraction of sp³-hybridized carbons (Fsp3) is 0.0455. The molecule has 0 aliphatic carbocycles. The highest BCUT2D eigenvalue weighted by atomic mass is 16.6. The van der Waals surface area contributed by atoms with Gasteiger partial charge in [0, 0.05) is 11.1 Å². The maximum Gasteiger partial charge on any atom is 0.378 e. The lowest BCUT2D eigenvalue weighted by Crippen LogP contribution is -2.30. The van der Waals surface area contributed by atoms with Crippen LogP contribution in [0.1, 0.15) is 11.1 Å². The third-order valence-electron chi connectivity index (χ3n) is 4.58. The zero-order valence-corrected chi connectivity index (χ0v) is 13.8. The number of esters is 1. The molecule has 0 bridgehead atoms. The number of hydrogen-bond acceptors (Lipinski definition) is 4. The van der Waals surface area contributed by atoms with Crippen LogP contribution in [0.2, 0.25) is 0 Å². The highest BCUT2D eigenvalue weighted by Gasteiger charge is 2.51. The summed E-state index contributed by atoms with van der Waals surface area (Å²) >= 11 is 0. The van der Waals surface area contributed by atoms with Crippen LogP contribution in [0.5, 0.6) is 0 Å². The molecule has 128 valence electrons. The molecular weight excluding hydrogens is 328 g/mol. The summed E-state index contributed by atoms with van der Waals surface area (Å²) in [6.45, 7) is 0. The lowest BCUT2D eigenvalue weighted by Gasteiger charge is -2.29. The van der Waals surface area contributed by atoms with Crippen LogP contribution in [-0.2, 0) is 15.1 Å². The van der Waals surface area contributed by atoms with Crippen LogP contribution in [0.25, 0.3) is 11.1 Å². The van der Waals surface area contributed by atoms with Gasteiger partial charge in [0.15, 0.2) is 5.76 Å². The zero-order chi connectivity index (χ0) is 18.1. The maximum absolute atomic E-state index is 11.9. The predicted octanol–water partition coefficient (Wildman–Crippen LogP) is 4.48. The average Bonchev–Trinajstić information content (AvgIpc) is 2.94. The maximum atomic E-state index is 11.9. The Kier molecular flexibility index (Phi) is 3.73. The van der Waals surface area contributed by atoms with E-state index in [1.54, 1.807) is 36.4 Å². The Labute approximate surface area is 150 Å². The van der Waals surface area contributed by atoms with Gasteiger partial charge in [0.25, 0.3) is 0 Å². The molecule has 1 aliphatic heterocycles. The van der Waals surface area contributed by atoms with Crippen molar-refractivity contribution in [2.24, 2.45) is 0 Å². The number of carbonyl (C=O) groups excluding carboxylic acids is 1. The van der Waals surface area contributed by atoms with Crippen LogP contribution in [-0.4, -0.2) is 16.2 Å². The van der Waals surface area contributed by atoms with Crippen molar-refractivity contribution in [2.75, 3.05) is 0 Å². The summed E-state index contributed by atoms with van der Waals surface area (Å²) in [7, 11) is 0. The van der Waals surface area contributed by atoms with Gasteiger partial charge in [0.2, 0.25) is 11.4 Å². The monoisotopic (exact) mass is 344 g/mol. The Morgan fingerprint density at radius 1 is 0.654 bits per heavy atom. The van der Waals surface area contributed by atoms with Gasteiger partial charge in [-0.05, 0) is 11.1 Å². The van der Waals surface area contributed by atoms with Crippen molar-refractivity contribution >= 4 is 5.97 Å². The smallest absolute Gasteiger partial charge is 0.378 e. The van der Waals surface area contributed by atoms with E-state index in [9.17, 15) is 15.0 Å². The van der Waals surface area contributed by atoms with Gasteiger partial charge in [-0.3, -0.25) is 0 Å². The van der Waals surface area contributed by atoms with Gasteiger partial charge in [-0.1, -0.05) is 84.9 Å². The summed E-state index contributed by atoms with van der Waals surface area (Å²) in [4.78, 5) is 11.9. The van der Waals surface area contributed by atoms with Gasteiger partial charge >= 0.3 is 5.97 Å². The van der Waals surface area contributed by atoms with Gasteiger partial charge in [-0.25, -0.2) is 4.79 Å². The number of rotatable bonds is 3. The van der Waals surface area contributed by atoms with Crippen LogP contribution in [0.3, 0.4) is 0 Å². The molecule has 3 aromatic rings. The van der Waals surface area contributed by atoms with Crippen molar-refractivity contribution < 1.29 is 19.7 Å². The molecule has 0 spiro atoms. The van der Waals surface area contributed by atoms with Crippen LogP contribution in [0, 0.1) is 0 Å². The first-order valence-corrected chi connectivity index (χ1v) is 8.20. The van der Waals surface area contributed by atoms with E-state index in [1.165, 1.54) is 0 Å². The van der Waals surface area contributed by atoms with Crippen molar-refractivity contribution in [2.45, 2.75) is 5.60 Å². The molecule has 2 N–H and O–H groups in total. The lowest BCUT2D eigenvalue weighted by atomic mass is 9.84. The van der Waals surface area contributed by atoms with Gasteiger partial charge in [-0.2, -0.15) is 0 Å². The van der Waals surface area contributed by atoms with Crippen molar-refractivity contribution in [3.05, 3.63) is 108 Å². The fourth-order valence-corrected chi connectivity index (χ4v) is 3.26. The number of cyclic esters (lactones) is 1. The molecule has 3 aromatic carbocycles. The number of carbonyl (C=O) groups is 1. The largest absolute Gasteiger partial charge is 0.504 e. The van der Waals surface area contributed by atoms with Gasteiger partial charge in [0.1, 0.15) is 0 Å². The Morgan fingerprint density at radius 3 is 1.69 bits per heavy atom. The second-order valence-electron chi connectivity index (χ2n) is 6.08. The summed E-state index contributed by atoms with van der Waals surface area (Å²) in [6.07, 6.45) is 0. The third-order valence-corrected chi connectivity index (χ3v) is 4.58. The van der Waals surface area contributed by atoms with E-state index < -0.39 is 23.1 Å². The molecule has 1 atom stereocenters. The Morgan fingerprint density at radius 2 is 1.15 bits per heavy atom. The second kappa shape index (κ2) is 6.08. The van der Waals surface area contributed by atoms with Gasteiger partial charge in [0.05, 0.1) is 0 Å². The standard InChI is InChI=1S/C22H16O4/c23-19-20(24)22(26-21(19)25,17-9-5-2-6-10-17)18-13-11-16(12-14-18)15-7-3-1-4-8-15/h1-14,23-24H/t22-/m0/s1. The molecule has 4 heteroatoms. The molecule has 4 rings (SSSR count). The molecule has 26 heavy (non-hydrogen) atoms. The first kappa shape index (κ1) is 16.0. The number of ether oxygens (including phenoxy) is 1. The first-order chi connectivity index (χ1) is 12.6. The summed E-state index contributed by atoms with van der Waals surface area (Å²) in [6, 6.07) is 26.1. The third kappa shape index (κ3) is 2.35. The van der Waals surface area contributed by atoms with E-state index in [1.807, 2.05) is 48.5 Å². The molecule has 0 radical (unpaired) electrons.